The molecular weight excluding hydrogens is 210 g/mol. The second kappa shape index (κ2) is 6.17. The highest BCUT2D eigenvalue weighted by Crippen LogP contribution is 2.26. The molecule has 0 aromatic heterocycles. The predicted octanol–water partition coefficient (Wildman–Crippen LogP) is 1.53. The van der Waals surface area contributed by atoms with Crippen LogP contribution in [0.4, 0.5) is 0 Å². The molecule has 2 N–H and O–H groups in total. The molecule has 0 saturated carbocycles. The minimum absolute atomic E-state index is 0.753. The third-order valence-electron chi connectivity index (χ3n) is 4.82. The van der Waals surface area contributed by atoms with Crippen LogP contribution in [0.2, 0.25) is 0 Å². The molecule has 0 amide bonds. The number of piperidine rings is 2. The molecule has 17 heavy (non-hydrogen) atoms. The summed E-state index contributed by atoms with van der Waals surface area (Å²) in [6.07, 6.45) is 6.71. The van der Waals surface area contributed by atoms with Crippen LogP contribution in [0.5, 0.6) is 0 Å². The topological polar surface area (TPSA) is 32.5 Å². The third-order valence-corrected chi connectivity index (χ3v) is 4.82. The van der Waals surface area contributed by atoms with Crippen LogP contribution in [0.15, 0.2) is 0 Å². The summed E-state index contributed by atoms with van der Waals surface area (Å²) in [5.74, 6) is 0.865. The SMILES string of the molecule is CC1CC(N2CCCC(CCN)C2)CCN1C. The van der Waals surface area contributed by atoms with Gasteiger partial charge in [0.05, 0.1) is 0 Å². The second-order valence-electron chi connectivity index (χ2n) is 6.09. The zero-order valence-corrected chi connectivity index (χ0v) is 11.6. The Balaban J connectivity index is 1.84. The number of nitrogens with zero attached hydrogens (tertiary/aromatic N) is 2. The highest BCUT2D eigenvalue weighted by Gasteiger charge is 2.30. The minimum atomic E-state index is 0.753. The summed E-state index contributed by atoms with van der Waals surface area (Å²) < 4.78 is 0. The lowest BCUT2D eigenvalue weighted by Crippen LogP contribution is -2.50. The van der Waals surface area contributed by atoms with Gasteiger partial charge in [-0.05, 0) is 71.6 Å². The molecule has 0 spiro atoms. The minimum Gasteiger partial charge on any atom is -0.330 e. The van der Waals surface area contributed by atoms with Crippen molar-refractivity contribution in [2.75, 3.05) is 33.2 Å². The van der Waals surface area contributed by atoms with Crippen LogP contribution in [0.1, 0.15) is 39.0 Å². The predicted molar refractivity (Wildman–Crippen MR) is 73.1 cm³/mol. The van der Waals surface area contributed by atoms with E-state index in [1.807, 2.05) is 0 Å². The van der Waals surface area contributed by atoms with Crippen LogP contribution in [0.25, 0.3) is 0 Å². The van der Waals surface area contributed by atoms with E-state index < -0.39 is 0 Å². The zero-order valence-electron chi connectivity index (χ0n) is 11.6. The lowest BCUT2D eigenvalue weighted by Gasteiger charge is -2.44. The second-order valence-corrected chi connectivity index (χ2v) is 6.09. The maximum atomic E-state index is 5.70. The molecule has 3 atom stereocenters. The molecule has 0 aromatic carbocycles. The van der Waals surface area contributed by atoms with Crippen molar-refractivity contribution in [1.82, 2.24) is 9.80 Å². The highest BCUT2D eigenvalue weighted by atomic mass is 15.2. The van der Waals surface area contributed by atoms with E-state index in [0.717, 1.165) is 24.5 Å². The van der Waals surface area contributed by atoms with Crippen molar-refractivity contribution in [1.29, 1.82) is 0 Å². The summed E-state index contributed by atoms with van der Waals surface area (Å²) in [4.78, 5) is 5.26. The molecule has 0 bridgehead atoms. The van der Waals surface area contributed by atoms with Gasteiger partial charge in [-0.1, -0.05) is 0 Å². The van der Waals surface area contributed by atoms with Gasteiger partial charge in [-0.2, -0.15) is 0 Å². The fourth-order valence-electron chi connectivity index (χ4n) is 3.50. The van der Waals surface area contributed by atoms with Crippen LogP contribution >= 0.6 is 0 Å². The Kier molecular flexibility index (Phi) is 4.83. The molecule has 2 aliphatic rings. The summed E-state index contributed by atoms with van der Waals surface area (Å²) in [7, 11) is 2.26. The summed E-state index contributed by atoms with van der Waals surface area (Å²) in [6, 6.07) is 1.59. The van der Waals surface area contributed by atoms with Crippen molar-refractivity contribution in [2.24, 2.45) is 11.7 Å². The Morgan fingerprint density at radius 2 is 2.06 bits per heavy atom. The lowest BCUT2D eigenvalue weighted by molar-refractivity contribution is 0.0559. The summed E-state index contributed by atoms with van der Waals surface area (Å²) in [5.41, 5.74) is 5.70. The van der Waals surface area contributed by atoms with E-state index >= 15 is 0 Å². The van der Waals surface area contributed by atoms with Gasteiger partial charge in [-0.25, -0.2) is 0 Å². The van der Waals surface area contributed by atoms with Crippen molar-refractivity contribution < 1.29 is 0 Å². The highest BCUT2D eigenvalue weighted by molar-refractivity contribution is 4.86. The van der Waals surface area contributed by atoms with Crippen molar-refractivity contribution in [2.45, 2.75) is 51.1 Å². The van der Waals surface area contributed by atoms with Crippen LogP contribution in [-0.2, 0) is 0 Å². The largest absolute Gasteiger partial charge is 0.330 e. The number of rotatable bonds is 3. The first-order valence-electron chi connectivity index (χ1n) is 7.35. The molecule has 2 fully saturated rings. The smallest absolute Gasteiger partial charge is 0.0122 e. The molecule has 3 nitrogen and oxygen atoms in total. The Bertz CT molecular complexity index is 230. The van der Waals surface area contributed by atoms with Crippen molar-refractivity contribution in [3.05, 3.63) is 0 Å². The molecule has 3 heteroatoms. The van der Waals surface area contributed by atoms with E-state index in [0.29, 0.717) is 0 Å². The van der Waals surface area contributed by atoms with Crippen molar-refractivity contribution in [3.8, 4) is 0 Å². The Morgan fingerprint density at radius 3 is 2.76 bits per heavy atom. The molecule has 0 aromatic rings. The number of nitrogens with two attached hydrogens (primary N) is 1. The van der Waals surface area contributed by atoms with Crippen molar-refractivity contribution in [3.63, 3.8) is 0 Å². The standard InChI is InChI=1S/C14H29N3/c1-12-10-14(6-9-16(12)2)17-8-3-4-13(11-17)5-7-15/h12-14H,3-11,15H2,1-2H3. The van der Waals surface area contributed by atoms with Crippen LogP contribution in [-0.4, -0.2) is 55.1 Å². The fourth-order valence-corrected chi connectivity index (χ4v) is 3.50. The first-order valence-corrected chi connectivity index (χ1v) is 7.35. The van der Waals surface area contributed by atoms with Gasteiger partial charge in [0.1, 0.15) is 0 Å². The van der Waals surface area contributed by atoms with E-state index in [9.17, 15) is 0 Å². The van der Waals surface area contributed by atoms with Crippen LogP contribution in [0, 0.1) is 5.92 Å². The van der Waals surface area contributed by atoms with E-state index in [-0.39, 0.29) is 0 Å². The first-order chi connectivity index (χ1) is 8.20. The van der Waals surface area contributed by atoms with Crippen molar-refractivity contribution >= 4 is 0 Å². The fraction of sp³-hybridized carbons (Fsp3) is 1.00. The van der Waals surface area contributed by atoms with E-state index in [2.05, 4.69) is 23.8 Å². The summed E-state index contributed by atoms with van der Waals surface area (Å²) in [6.45, 7) is 7.13. The Hall–Kier alpha value is -0.120. The maximum Gasteiger partial charge on any atom is 0.0122 e. The molecule has 2 aliphatic heterocycles. The summed E-state index contributed by atoms with van der Waals surface area (Å²) >= 11 is 0. The zero-order chi connectivity index (χ0) is 12.3. The maximum absolute atomic E-state index is 5.70. The Morgan fingerprint density at radius 1 is 1.24 bits per heavy atom. The normalized spacial score (nSPS) is 37.2. The Labute approximate surface area is 106 Å². The number of hydrogen-bond acceptors (Lipinski definition) is 3. The van der Waals surface area contributed by atoms with E-state index in [1.54, 1.807) is 0 Å². The average molecular weight is 239 g/mol. The quantitative estimate of drug-likeness (QED) is 0.811. The van der Waals surface area contributed by atoms with Gasteiger partial charge in [-0.3, -0.25) is 0 Å². The van der Waals surface area contributed by atoms with Gasteiger partial charge in [-0.15, -0.1) is 0 Å². The third kappa shape index (κ3) is 3.43. The molecular formula is C14H29N3. The molecule has 2 saturated heterocycles. The van der Waals surface area contributed by atoms with E-state index in [4.69, 9.17) is 5.73 Å². The molecule has 3 unspecified atom stereocenters. The monoisotopic (exact) mass is 239 g/mol. The van der Waals surface area contributed by atoms with Gasteiger partial charge in [0.25, 0.3) is 0 Å². The van der Waals surface area contributed by atoms with Gasteiger partial charge < -0.3 is 15.5 Å². The van der Waals surface area contributed by atoms with Crippen LogP contribution in [0.3, 0.4) is 0 Å². The first kappa shape index (κ1) is 13.3. The molecule has 0 aliphatic carbocycles. The molecule has 100 valence electrons. The molecule has 2 heterocycles. The summed E-state index contributed by atoms with van der Waals surface area (Å²) in [5, 5.41) is 0. The van der Waals surface area contributed by atoms with Gasteiger partial charge in [0, 0.05) is 18.6 Å². The lowest BCUT2D eigenvalue weighted by atomic mass is 9.90. The molecule has 2 rings (SSSR count). The number of likely N-dealkylation sites (tertiary alicyclic amines) is 2. The molecule has 0 radical (unpaired) electrons. The van der Waals surface area contributed by atoms with Gasteiger partial charge in [0.15, 0.2) is 0 Å². The van der Waals surface area contributed by atoms with Gasteiger partial charge >= 0.3 is 0 Å². The van der Waals surface area contributed by atoms with Crippen LogP contribution < -0.4 is 5.73 Å². The van der Waals surface area contributed by atoms with Gasteiger partial charge in [0.2, 0.25) is 0 Å². The average Bonchev–Trinajstić information content (AvgIpc) is 2.33. The number of hydrogen-bond donors (Lipinski definition) is 1. The van der Waals surface area contributed by atoms with E-state index in [1.165, 1.54) is 51.7 Å².